The van der Waals surface area contributed by atoms with Gasteiger partial charge in [0.15, 0.2) is 5.13 Å². The van der Waals surface area contributed by atoms with Crippen LogP contribution < -0.4 is 9.64 Å². The third-order valence-corrected chi connectivity index (χ3v) is 7.31. The number of halogens is 1. The maximum absolute atomic E-state index is 13.2. The predicted octanol–water partition coefficient (Wildman–Crippen LogP) is 6.58. The largest absolute Gasteiger partial charge is 0.497 e. The van der Waals surface area contributed by atoms with Crippen molar-refractivity contribution in [3.8, 4) is 5.75 Å². The van der Waals surface area contributed by atoms with Crippen LogP contribution in [0, 0.1) is 6.92 Å². The van der Waals surface area contributed by atoms with Crippen LogP contribution in [0.3, 0.4) is 0 Å². The first-order valence-electron chi connectivity index (χ1n) is 9.70. The van der Waals surface area contributed by atoms with Gasteiger partial charge in [0.2, 0.25) is 5.91 Å². The van der Waals surface area contributed by atoms with Gasteiger partial charge >= 0.3 is 0 Å². The third-order valence-electron chi connectivity index (χ3n) is 4.76. The van der Waals surface area contributed by atoms with E-state index in [0.717, 1.165) is 26.4 Å². The minimum absolute atomic E-state index is 0.00903. The monoisotopic (exact) mass is 472 g/mol. The van der Waals surface area contributed by atoms with Gasteiger partial charge in [-0.1, -0.05) is 29.0 Å². The summed E-state index contributed by atoms with van der Waals surface area (Å²) in [6.45, 7) is 2.32. The number of ether oxygens (including phenoxy) is 1. The summed E-state index contributed by atoms with van der Waals surface area (Å²) in [6, 6.07) is 15.3. The van der Waals surface area contributed by atoms with E-state index in [4.69, 9.17) is 25.7 Å². The summed E-state index contributed by atoms with van der Waals surface area (Å²) in [5.41, 5.74) is 1.86. The van der Waals surface area contributed by atoms with Crippen molar-refractivity contribution in [2.24, 2.45) is 0 Å². The van der Waals surface area contributed by atoms with Gasteiger partial charge in [-0.2, -0.15) is 0 Å². The number of aromatic nitrogens is 1. The van der Waals surface area contributed by atoms with Crippen molar-refractivity contribution in [1.82, 2.24) is 4.98 Å². The Kier molecular flexibility index (Phi) is 6.85. The lowest BCUT2D eigenvalue weighted by Crippen LogP contribution is -2.30. The minimum Gasteiger partial charge on any atom is -0.497 e. The zero-order valence-electron chi connectivity index (χ0n) is 17.1. The third kappa shape index (κ3) is 5.06. The Morgan fingerprint density at radius 3 is 2.71 bits per heavy atom. The van der Waals surface area contributed by atoms with E-state index in [1.54, 1.807) is 30.0 Å². The molecule has 8 heteroatoms. The molecule has 1 amide bonds. The first-order chi connectivity index (χ1) is 15.0. The lowest BCUT2D eigenvalue weighted by molar-refractivity contribution is -0.118. The van der Waals surface area contributed by atoms with Gasteiger partial charge in [-0.3, -0.25) is 9.69 Å². The summed E-state index contributed by atoms with van der Waals surface area (Å²) >= 11 is 9.44. The number of anilines is 1. The molecule has 4 aromatic rings. The smallest absolute Gasteiger partial charge is 0.230 e. The number of carbonyl (C=O) groups excluding carboxylic acids is 1. The highest BCUT2D eigenvalue weighted by Crippen LogP contribution is 2.36. The van der Waals surface area contributed by atoms with Crippen molar-refractivity contribution >= 4 is 56.0 Å². The molecular weight excluding hydrogens is 452 g/mol. The second kappa shape index (κ2) is 9.77. The number of aryl methyl sites for hydroxylation is 1. The van der Waals surface area contributed by atoms with Crippen LogP contribution in [0.4, 0.5) is 5.13 Å². The highest BCUT2D eigenvalue weighted by molar-refractivity contribution is 7.99. The number of benzene rings is 2. The van der Waals surface area contributed by atoms with E-state index < -0.39 is 0 Å². The van der Waals surface area contributed by atoms with E-state index in [1.165, 1.54) is 11.3 Å². The summed E-state index contributed by atoms with van der Waals surface area (Å²) in [5.74, 6) is 2.17. The van der Waals surface area contributed by atoms with Gasteiger partial charge in [-0.25, -0.2) is 4.98 Å². The van der Waals surface area contributed by atoms with E-state index in [-0.39, 0.29) is 5.91 Å². The van der Waals surface area contributed by atoms with Gasteiger partial charge in [0.25, 0.3) is 0 Å². The number of thiazole rings is 1. The number of hydrogen-bond acceptors (Lipinski definition) is 6. The average Bonchev–Trinajstić information content (AvgIpc) is 3.45. The van der Waals surface area contributed by atoms with Crippen LogP contribution in [0.1, 0.15) is 17.7 Å². The maximum atomic E-state index is 13.2. The molecular formula is C23H21ClN2O3S2. The molecule has 0 saturated heterocycles. The number of fused-ring (bicyclic) bond motifs is 1. The van der Waals surface area contributed by atoms with Crippen molar-refractivity contribution in [2.45, 2.75) is 24.8 Å². The fraction of sp³-hybridized carbons (Fsp3) is 0.217. The molecule has 0 aliphatic carbocycles. The topological polar surface area (TPSA) is 55.6 Å². The molecule has 0 aliphatic rings. The molecule has 31 heavy (non-hydrogen) atoms. The van der Waals surface area contributed by atoms with Gasteiger partial charge in [0.1, 0.15) is 11.5 Å². The quantitative estimate of drug-likeness (QED) is 0.271. The highest BCUT2D eigenvalue weighted by atomic mass is 35.5. The molecule has 4 rings (SSSR count). The Bertz CT molecular complexity index is 1130. The Morgan fingerprint density at radius 2 is 2.03 bits per heavy atom. The molecule has 5 nitrogen and oxygen atoms in total. The number of thioether (sulfide) groups is 1. The lowest BCUT2D eigenvalue weighted by atomic mass is 10.2. The maximum Gasteiger partial charge on any atom is 0.230 e. The number of furan rings is 1. The van der Waals surface area contributed by atoms with Crippen molar-refractivity contribution < 1.29 is 13.9 Å². The van der Waals surface area contributed by atoms with Crippen LogP contribution in [-0.4, -0.2) is 23.8 Å². The second-order valence-electron chi connectivity index (χ2n) is 6.87. The van der Waals surface area contributed by atoms with Gasteiger partial charge in [-0.05, 0) is 55.0 Å². The van der Waals surface area contributed by atoms with E-state index in [2.05, 4.69) is 0 Å². The number of nitrogens with zero attached hydrogens (tertiary/aromatic N) is 2. The highest BCUT2D eigenvalue weighted by Gasteiger charge is 2.22. The summed E-state index contributed by atoms with van der Waals surface area (Å²) < 4.78 is 11.6. The molecule has 0 atom stereocenters. The lowest BCUT2D eigenvalue weighted by Gasteiger charge is -2.18. The molecule has 0 aliphatic heterocycles. The number of rotatable bonds is 8. The second-order valence-corrected chi connectivity index (χ2v) is 9.42. The van der Waals surface area contributed by atoms with Crippen molar-refractivity contribution in [2.75, 3.05) is 17.8 Å². The van der Waals surface area contributed by atoms with Gasteiger partial charge in [-0.15, -0.1) is 11.8 Å². The Balaban J connectivity index is 1.52. The number of hydrogen-bond donors (Lipinski definition) is 0. The van der Waals surface area contributed by atoms with Crippen LogP contribution in [0.15, 0.2) is 64.1 Å². The number of methoxy groups -OCH3 is 1. The van der Waals surface area contributed by atoms with Crippen LogP contribution in [0.2, 0.25) is 5.02 Å². The van der Waals surface area contributed by atoms with Crippen molar-refractivity contribution in [3.63, 3.8) is 0 Å². The minimum atomic E-state index is -0.00903. The van der Waals surface area contributed by atoms with Crippen molar-refractivity contribution in [1.29, 1.82) is 0 Å². The summed E-state index contributed by atoms with van der Waals surface area (Å²) in [6.07, 6.45) is 1.98. The van der Waals surface area contributed by atoms with E-state index in [9.17, 15) is 4.79 Å². The normalized spacial score (nSPS) is 11.1. The van der Waals surface area contributed by atoms with E-state index in [0.29, 0.717) is 34.6 Å². The number of carbonyl (C=O) groups is 1. The zero-order valence-corrected chi connectivity index (χ0v) is 19.5. The molecule has 0 N–H and O–H groups in total. The summed E-state index contributed by atoms with van der Waals surface area (Å²) in [5, 5.41) is 1.27. The molecule has 0 saturated carbocycles. The van der Waals surface area contributed by atoms with Crippen molar-refractivity contribution in [3.05, 3.63) is 71.1 Å². The summed E-state index contributed by atoms with van der Waals surface area (Å²) in [7, 11) is 1.64. The zero-order chi connectivity index (χ0) is 21.8. The SMILES string of the molecule is COc1ccc(SCCC(=O)N(Cc2ccco2)c2nc3c(C)ccc(Cl)c3s2)cc1. The molecule has 0 fully saturated rings. The van der Waals surface area contributed by atoms with Crippen LogP contribution in [0.5, 0.6) is 5.75 Å². The number of amides is 1. The molecule has 0 spiro atoms. The Labute approximate surface area is 194 Å². The first-order valence-corrected chi connectivity index (χ1v) is 11.9. The van der Waals surface area contributed by atoms with Crippen LogP contribution in [0.25, 0.3) is 10.2 Å². The molecule has 0 unspecified atom stereocenters. The van der Waals surface area contributed by atoms with E-state index >= 15 is 0 Å². The van der Waals surface area contributed by atoms with Crippen LogP contribution in [-0.2, 0) is 11.3 Å². The van der Waals surface area contributed by atoms with Gasteiger partial charge in [0, 0.05) is 17.1 Å². The molecule has 0 radical (unpaired) electrons. The molecule has 2 aromatic carbocycles. The molecule has 2 aromatic heterocycles. The molecule has 0 bridgehead atoms. The molecule has 160 valence electrons. The fourth-order valence-electron chi connectivity index (χ4n) is 3.09. The van der Waals surface area contributed by atoms with Gasteiger partial charge in [0.05, 0.1) is 35.2 Å². The molecule has 2 heterocycles. The standard InChI is InChI=1S/C23H21ClN2O3S2/c1-15-5-10-19(24)22-21(15)25-23(31-22)26(14-17-4-3-12-29-17)20(27)11-13-30-18-8-6-16(28-2)7-9-18/h3-10,12H,11,13-14H2,1-2H3. The van der Waals surface area contributed by atoms with Gasteiger partial charge < -0.3 is 9.15 Å². The Morgan fingerprint density at radius 1 is 1.23 bits per heavy atom. The van der Waals surface area contributed by atoms with E-state index in [1.807, 2.05) is 55.5 Å². The average molecular weight is 473 g/mol. The van der Waals surface area contributed by atoms with Crippen LogP contribution >= 0.6 is 34.7 Å². The first kappa shape index (κ1) is 21.7. The predicted molar refractivity (Wildman–Crippen MR) is 128 cm³/mol. The fourth-order valence-corrected chi connectivity index (χ4v) is 5.26. The Hall–Kier alpha value is -2.48. The summed E-state index contributed by atoms with van der Waals surface area (Å²) in [4.78, 5) is 20.7.